The second kappa shape index (κ2) is 3.36. The van der Waals surface area contributed by atoms with Gasteiger partial charge in [-0.1, -0.05) is 20.8 Å². The number of halogens is 1. The van der Waals surface area contributed by atoms with Gasteiger partial charge in [0.15, 0.2) is 0 Å². The molecule has 0 bridgehead atoms. The molecule has 0 heterocycles. The van der Waals surface area contributed by atoms with Crippen molar-refractivity contribution in [1.29, 1.82) is 5.26 Å². The van der Waals surface area contributed by atoms with Gasteiger partial charge in [-0.15, -0.1) is 0 Å². The summed E-state index contributed by atoms with van der Waals surface area (Å²) in [6.07, 6.45) is 1.28. The lowest BCUT2D eigenvalue weighted by atomic mass is 9.87. The van der Waals surface area contributed by atoms with Crippen molar-refractivity contribution in [2.75, 3.05) is 6.67 Å². The summed E-state index contributed by atoms with van der Waals surface area (Å²) in [7, 11) is 0. The number of rotatable bonds is 1. The van der Waals surface area contributed by atoms with Crippen molar-refractivity contribution in [3.8, 4) is 6.07 Å². The Kier molecular flexibility index (Phi) is 3.08. The van der Waals surface area contributed by atoms with Crippen LogP contribution in [0.2, 0.25) is 0 Å². The first kappa shape index (κ1) is 9.16. The monoisotopic (exact) mass is 141 g/mol. The van der Waals surface area contributed by atoms with Gasteiger partial charge in [-0.05, 0) is 11.0 Å². The molecule has 0 atom stereocenters. The van der Waals surface area contributed by atoms with E-state index in [1.54, 1.807) is 0 Å². The van der Waals surface area contributed by atoms with Crippen molar-refractivity contribution < 1.29 is 4.39 Å². The summed E-state index contributed by atoms with van der Waals surface area (Å²) in [4.78, 5) is 0. The van der Waals surface area contributed by atoms with E-state index in [0.717, 1.165) is 0 Å². The van der Waals surface area contributed by atoms with Crippen LogP contribution in [0.15, 0.2) is 11.6 Å². The predicted molar refractivity (Wildman–Crippen MR) is 39.1 cm³/mol. The molecule has 0 aliphatic carbocycles. The van der Waals surface area contributed by atoms with Gasteiger partial charge in [-0.3, -0.25) is 0 Å². The Balaban J connectivity index is 4.41. The molecule has 2 heteroatoms. The van der Waals surface area contributed by atoms with Crippen molar-refractivity contribution in [3.63, 3.8) is 0 Å². The van der Waals surface area contributed by atoms with Crippen LogP contribution in [-0.2, 0) is 0 Å². The number of nitriles is 1. The van der Waals surface area contributed by atoms with Crippen LogP contribution in [0.5, 0.6) is 0 Å². The molecule has 10 heavy (non-hydrogen) atoms. The van der Waals surface area contributed by atoms with Crippen molar-refractivity contribution in [1.82, 2.24) is 0 Å². The van der Waals surface area contributed by atoms with Gasteiger partial charge in [0, 0.05) is 6.08 Å². The van der Waals surface area contributed by atoms with Crippen LogP contribution in [0.1, 0.15) is 20.8 Å². The first-order chi connectivity index (χ1) is 4.52. The molecule has 0 N–H and O–H groups in total. The first-order valence-corrected chi connectivity index (χ1v) is 3.17. The van der Waals surface area contributed by atoms with E-state index in [1.165, 1.54) is 6.08 Å². The SMILES string of the molecule is CC(C)(C)/C(=C\C#N)CF. The maximum atomic E-state index is 12.1. The van der Waals surface area contributed by atoms with Crippen LogP contribution in [0.25, 0.3) is 0 Å². The summed E-state index contributed by atoms with van der Waals surface area (Å²) < 4.78 is 12.1. The quantitative estimate of drug-likeness (QED) is 0.514. The third-order valence-corrected chi connectivity index (χ3v) is 1.35. The molecule has 0 aromatic rings. The van der Waals surface area contributed by atoms with E-state index in [1.807, 2.05) is 26.8 Å². The van der Waals surface area contributed by atoms with E-state index in [2.05, 4.69) is 0 Å². The van der Waals surface area contributed by atoms with Gasteiger partial charge in [0.25, 0.3) is 0 Å². The van der Waals surface area contributed by atoms with Crippen molar-refractivity contribution in [2.45, 2.75) is 20.8 Å². The zero-order chi connectivity index (χ0) is 8.20. The molecule has 0 saturated carbocycles. The number of nitrogens with zero attached hydrogens (tertiary/aromatic N) is 1. The Labute approximate surface area is 61.2 Å². The van der Waals surface area contributed by atoms with Crippen LogP contribution in [0.4, 0.5) is 4.39 Å². The minimum Gasteiger partial charge on any atom is -0.246 e. The molecule has 0 unspecified atom stereocenters. The molecule has 0 aliphatic heterocycles. The van der Waals surface area contributed by atoms with E-state index in [-0.39, 0.29) is 5.41 Å². The zero-order valence-electron chi connectivity index (χ0n) is 6.61. The largest absolute Gasteiger partial charge is 0.246 e. The van der Waals surface area contributed by atoms with Gasteiger partial charge >= 0.3 is 0 Å². The molecule has 1 nitrogen and oxygen atoms in total. The molecule has 0 rings (SSSR count). The van der Waals surface area contributed by atoms with E-state index in [0.29, 0.717) is 5.57 Å². The Bertz CT molecular complexity index is 169. The van der Waals surface area contributed by atoms with Gasteiger partial charge in [-0.25, -0.2) is 4.39 Å². The Morgan fingerprint density at radius 3 is 2.20 bits per heavy atom. The molecule has 0 radical (unpaired) electrons. The summed E-state index contributed by atoms with van der Waals surface area (Å²) in [6.45, 7) is 5.12. The number of hydrogen-bond donors (Lipinski definition) is 0. The van der Waals surface area contributed by atoms with Gasteiger partial charge in [0.1, 0.15) is 6.67 Å². The maximum Gasteiger partial charge on any atom is 0.112 e. The maximum absolute atomic E-state index is 12.1. The fraction of sp³-hybridized carbons (Fsp3) is 0.625. The molecule has 0 fully saturated rings. The van der Waals surface area contributed by atoms with Crippen molar-refractivity contribution >= 4 is 0 Å². The number of alkyl halides is 1. The van der Waals surface area contributed by atoms with E-state index in [4.69, 9.17) is 5.26 Å². The van der Waals surface area contributed by atoms with E-state index < -0.39 is 6.67 Å². The average Bonchev–Trinajstić information content (AvgIpc) is 1.80. The van der Waals surface area contributed by atoms with Gasteiger partial charge < -0.3 is 0 Å². The van der Waals surface area contributed by atoms with Crippen LogP contribution in [0, 0.1) is 16.7 Å². The Morgan fingerprint density at radius 1 is 1.60 bits per heavy atom. The molecule has 0 spiro atoms. The molecular weight excluding hydrogens is 129 g/mol. The summed E-state index contributed by atoms with van der Waals surface area (Å²) in [6, 6.07) is 1.82. The van der Waals surface area contributed by atoms with Crippen molar-refractivity contribution in [2.24, 2.45) is 5.41 Å². The normalized spacial score (nSPS) is 12.9. The van der Waals surface area contributed by atoms with Crippen LogP contribution in [-0.4, -0.2) is 6.67 Å². The molecule has 0 aromatic carbocycles. The Hall–Kier alpha value is -0.840. The fourth-order valence-electron chi connectivity index (χ4n) is 0.533. The summed E-state index contributed by atoms with van der Waals surface area (Å²) in [5.74, 6) is 0. The lowest BCUT2D eigenvalue weighted by Crippen LogP contribution is -2.10. The smallest absolute Gasteiger partial charge is 0.112 e. The minimum atomic E-state index is -0.531. The molecule has 0 aliphatic rings. The lowest BCUT2D eigenvalue weighted by molar-refractivity contribution is 0.424. The predicted octanol–water partition coefficient (Wildman–Crippen LogP) is 2.45. The molecule has 0 saturated heterocycles. The van der Waals surface area contributed by atoms with Gasteiger partial charge in [0.05, 0.1) is 6.07 Å². The first-order valence-electron chi connectivity index (χ1n) is 3.17. The average molecular weight is 141 g/mol. The summed E-state index contributed by atoms with van der Waals surface area (Å²) >= 11 is 0. The second-order valence-corrected chi connectivity index (χ2v) is 3.18. The van der Waals surface area contributed by atoms with E-state index >= 15 is 0 Å². The lowest BCUT2D eigenvalue weighted by Gasteiger charge is -2.18. The third kappa shape index (κ3) is 2.63. The highest BCUT2D eigenvalue weighted by Gasteiger charge is 2.15. The number of hydrogen-bond acceptors (Lipinski definition) is 1. The van der Waals surface area contributed by atoms with Crippen molar-refractivity contribution in [3.05, 3.63) is 11.6 Å². The van der Waals surface area contributed by atoms with E-state index in [9.17, 15) is 4.39 Å². The highest BCUT2D eigenvalue weighted by atomic mass is 19.1. The molecule has 56 valence electrons. The second-order valence-electron chi connectivity index (χ2n) is 3.18. The third-order valence-electron chi connectivity index (χ3n) is 1.35. The van der Waals surface area contributed by atoms with Crippen LogP contribution >= 0.6 is 0 Å². The standard InChI is InChI=1S/C8H12FN/c1-8(2,3)7(6-9)4-5-10/h4H,6H2,1-3H3/b7-4-. The Morgan fingerprint density at radius 2 is 2.10 bits per heavy atom. The highest BCUT2D eigenvalue weighted by molar-refractivity contribution is 5.19. The van der Waals surface area contributed by atoms with Crippen LogP contribution in [0.3, 0.4) is 0 Å². The molecule has 0 aromatic heterocycles. The van der Waals surface area contributed by atoms with Crippen LogP contribution < -0.4 is 0 Å². The highest BCUT2D eigenvalue weighted by Crippen LogP contribution is 2.24. The summed E-state index contributed by atoms with van der Waals surface area (Å²) in [5.41, 5.74) is 0.333. The van der Waals surface area contributed by atoms with Gasteiger partial charge in [-0.2, -0.15) is 5.26 Å². The molecular formula is C8H12FN. The molecule has 0 amide bonds. The fourth-order valence-corrected chi connectivity index (χ4v) is 0.533. The number of allylic oxidation sites excluding steroid dienone is 2. The topological polar surface area (TPSA) is 23.8 Å². The summed E-state index contributed by atoms with van der Waals surface area (Å²) in [5, 5.41) is 8.24. The minimum absolute atomic E-state index is 0.218. The zero-order valence-corrected chi connectivity index (χ0v) is 6.61. The van der Waals surface area contributed by atoms with Gasteiger partial charge in [0.2, 0.25) is 0 Å².